The maximum absolute atomic E-state index is 11.6. The fourth-order valence-electron chi connectivity index (χ4n) is 1.56. The van der Waals surface area contributed by atoms with E-state index in [1.54, 1.807) is 6.07 Å². The number of halogens is 3. The Bertz CT molecular complexity index is 529. The molecule has 0 radical (unpaired) electrons. The first-order chi connectivity index (χ1) is 8.89. The molecule has 0 amide bonds. The predicted octanol–water partition coefficient (Wildman–Crippen LogP) is 3.94. The average Bonchev–Trinajstić information content (AvgIpc) is 2.31. The first-order valence-electron chi connectivity index (χ1n) is 5.76. The minimum absolute atomic E-state index is 0.0402. The molecule has 0 heterocycles. The molecule has 0 unspecified atom stereocenters. The smallest absolute Gasteiger partial charge is 0.153 e. The minimum atomic E-state index is -3.07. The Labute approximate surface area is 128 Å². The number of alkyl halides is 1. The van der Waals surface area contributed by atoms with Gasteiger partial charge in [0, 0.05) is 10.6 Å². The lowest BCUT2D eigenvalue weighted by atomic mass is 10.2. The molecule has 0 N–H and O–H groups in total. The zero-order chi connectivity index (χ0) is 14.5. The van der Waals surface area contributed by atoms with Crippen LogP contribution in [0.3, 0.4) is 0 Å². The molecule has 1 rings (SSSR count). The maximum Gasteiger partial charge on any atom is 0.153 e. The van der Waals surface area contributed by atoms with Crippen LogP contribution >= 0.6 is 34.8 Å². The van der Waals surface area contributed by atoms with Gasteiger partial charge >= 0.3 is 0 Å². The topological polar surface area (TPSA) is 43.4 Å². The third kappa shape index (κ3) is 5.38. The highest BCUT2D eigenvalue weighted by Gasteiger charge is 2.13. The highest BCUT2D eigenvalue weighted by Crippen LogP contribution is 2.33. The van der Waals surface area contributed by atoms with E-state index in [0.29, 0.717) is 27.8 Å². The van der Waals surface area contributed by atoms with Crippen LogP contribution in [0.25, 0.3) is 0 Å². The lowest BCUT2D eigenvalue weighted by Crippen LogP contribution is -2.17. The SMILES string of the molecule is CCCS(=O)(=O)CCOc1c(Cl)cc(Cl)cc1CCl. The Balaban J connectivity index is 2.73. The van der Waals surface area contributed by atoms with Crippen molar-refractivity contribution in [1.29, 1.82) is 0 Å². The van der Waals surface area contributed by atoms with Crippen LogP contribution in [-0.2, 0) is 15.7 Å². The largest absolute Gasteiger partial charge is 0.491 e. The zero-order valence-corrected chi connectivity index (χ0v) is 13.5. The summed E-state index contributed by atoms with van der Waals surface area (Å²) < 4.78 is 28.6. The summed E-state index contributed by atoms with van der Waals surface area (Å²) in [5.74, 6) is 0.708. The van der Waals surface area contributed by atoms with Crippen molar-refractivity contribution in [3.05, 3.63) is 27.7 Å². The van der Waals surface area contributed by atoms with E-state index >= 15 is 0 Å². The Morgan fingerprint density at radius 3 is 2.47 bits per heavy atom. The van der Waals surface area contributed by atoms with E-state index in [1.165, 1.54) is 6.07 Å². The van der Waals surface area contributed by atoms with Crippen LogP contribution < -0.4 is 4.74 Å². The quantitative estimate of drug-likeness (QED) is 0.703. The van der Waals surface area contributed by atoms with Gasteiger partial charge in [-0.1, -0.05) is 30.1 Å². The molecule has 19 heavy (non-hydrogen) atoms. The van der Waals surface area contributed by atoms with Gasteiger partial charge in [0.25, 0.3) is 0 Å². The van der Waals surface area contributed by atoms with Crippen molar-refractivity contribution in [3.8, 4) is 5.75 Å². The van der Waals surface area contributed by atoms with E-state index in [9.17, 15) is 8.42 Å². The summed E-state index contributed by atoms with van der Waals surface area (Å²) in [6.45, 7) is 1.87. The molecule has 3 nitrogen and oxygen atoms in total. The van der Waals surface area contributed by atoms with Crippen molar-refractivity contribution in [1.82, 2.24) is 0 Å². The molecule has 0 saturated carbocycles. The third-order valence-electron chi connectivity index (χ3n) is 2.39. The lowest BCUT2D eigenvalue weighted by Gasteiger charge is -2.12. The highest BCUT2D eigenvalue weighted by atomic mass is 35.5. The van der Waals surface area contributed by atoms with Crippen molar-refractivity contribution in [2.75, 3.05) is 18.1 Å². The summed E-state index contributed by atoms with van der Waals surface area (Å²) in [7, 11) is -3.07. The molecule has 0 atom stereocenters. The third-order valence-corrected chi connectivity index (χ3v) is 4.99. The van der Waals surface area contributed by atoms with Crippen molar-refractivity contribution in [3.63, 3.8) is 0 Å². The van der Waals surface area contributed by atoms with Crippen molar-refractivity contribution >= 4 is 44.6 Å². The van der Waals surface area contributed by atoms with Crippen molar-refractivity contribution < 1.29 is 13.2 Å². The van der Waals surface area contributed by atoms with Gasteiger partial charge in [-0.25, -0.2) is 8.42 Å². The van der Waals surface area contributed by atoms with Gasteiger partial charge in [-0.2, -0.15) is 0 Å². The van der Waals surface area contributed by atoms with E-state index in [1.807, 2.05) is 6.92 Å². The van der Waals surface area contributed by atoms with Crippen LogP contribution in [0.1, 0.15) is 18.9 Å². The van der Waals surface area contributed by atoms with E-state index in [2.05, 4.69) is 0 Å². The van der Waals surface area contributed by atoms with Crippen LogP contribution in [0.4, 0.5) is 0 Å². The summed E-state index contributed by atoms with van der Waals surface area (Å²) in [6, 6.07) is 3.19. The summed E-state index contributed by atoms with van der Waals surface area (Å²) >= 11 is 17.6. The molecule has 0 fully saturated rings. The molecular weight excluding hydrogens is 331 g/mol. The Morgan fingerprint density at radius 1 is 1.21 bits per heavy atom. The van der Waals surface area contributed by atoms with Gasteiger partial charge in [0.15, 0.2) is 9.84 Å². The number of benzene rings is 1. The van der Waals surface area contributed by atoms with E-state index < -0.39 is 9.84 Å². The van der Waals surface area contributed by atoms with Gasteiger partial charge in [0.1, 0.15) is 12.4 Å². The summed E-state index contributed by atoms with van der Waals surface area (Å²) in [6.07, 6.45) is 0.594. The number of hydrogen-bond acceptors (Lipinski definition) is 3. The zero-order valence-electron chi connectivity index (χ0n) is 10.5. The summed E-state index contributed by atoms with van der Waals surface area (Å²) in [4.78, 5) is 0. The second kappa shape index (κ2) is 7.58. The van der Waals surface area contributed by atoms with Gasteiger partial charge in [-0.05, 0) is 18.6 Å². The molecule has 0 saturated heterocycles. The second-order valence-electron chi connectivity index (χ2n) is 4.01. The van der Waals surface area contributed by atoms with Gasteiger partial charge in [0.05, 0.1) is 22.4 Å². The van der Waals surface area contributed by atoms with Gasteiger partial charge in [0.2, 0.25) is 0 Å². The number of rotatable bonds is 7. The average molecular weight is 346 g/mol. The molecule has 0 bridgehead atoms. The monoisotopic (exact) mass is 344 g/mol. The predicted molar refractivity (Wildman–Crippen MR) is 80.5 cm³/mol. The van der Waals surface area contributed by atoms with Gasteiger partial charge in [-0.15, -0.1) is 11.6 Å². The Hall–Kier alpha value is -0.160. The van der Waals surface area contributed by atoms with E-state index in [-0.39, 0.29) is 24.0 Å². The fraction of sp³-hybridized carbons (Fsp3) is 0.500. The Morgan fingerprint density at radius 2 is 1.89 bits per heavy atom. The molecule has 0 aliphatic carbocycles. The fourth-order valence-corrected chi connectivity index (χ4v) is 3.51. The molecule has 0 spiro atoms. The normalized spacial score (nSPS) is 11.6. The maximum atomic E-state index is 11.6. The van der Waals surface area contributed by atoms with Crippen LogP contribution in [0.15, 0.2) is 12.1 Å². The molecule has 0 aliphatic rings. The van der Waals surface area contributed by atoms with E-state index in [0.717, 1.165) is 0 Å². The molecular formula is C12H15Cl3O3S. The minimum Gasteiger partial charge on any atom is -0.491 e. The number of hydrogen-bond donors (Lipinski definition) is 0. The van der Waals surface area contributed by atoms with Crippen LogP contribution in [0, 0.1) is 0 Å². The Kier molecular flexibility index (Phi) is 6.74. The van der Waals surface area contributed by atoms with Crippen LogP contribution in [0.5, 0.6) is 5.75 Å². The molecule has 0 aromatic heterocycles. The number of sulfone groups is 1. The lowest BCUT2D eigenvalue weighted by molar-refractivity contribution is 0.338. The van der Waals surface area contributed by atoms with Crippen molar-refractivity contribution in [2.24, 2.45) is 0 Å². The summed E-state index contributed by atoms with van der Waals surface area (Å²) in [5, 5.41) is 0.794. The van der Waals surface area contributed by atoms with Crippen LogP contribution in [-0.4, -0.2) is 26.5 Å². The first-order valence-corrected chi connectivity index (χ1v) is 8.88. The molecule has 0 aliphatic heterocycles. The molecule has 7 heteroatoms. The second-order valence-corrected chi connectivity index (χ2v) is 7.42. The van der Waals surface area contributed by atoms with Gasteiger partial charge in [-0.3, -0.25) is 0 Å². The summed E-state index contributed by atoms with van der Waals surface area (Å²) in [5.41, 5.74) is 0.645. The highest BCUT2D eigenvalue weighted by molar-refractivity contribution is 7.91. The van der Waals surface area contributed by atoms with Crippen molar-refractivity contribution in [2.45, 2.75) is 19.2 Å². The molecule has 108 valence electrons. The first kappa shape index (κ1) is 16.9. The molecule has 1 aromatic carbocycles. The number of ether oxygens (including phenoxy) is 1. The van der Waals surface area contributed by atoms with Gasteiger partial charge < -0.3 is 4.74 Å². The molecule has 1 aromatic rings. The van der Waals surface area contributed by atoms with Crippen LogP contribution in [0.2, 0.25) is 10.0 Å². The standard InChI is InChI=1S/C12H15Cl3O3S/c1-2-4-19(16,17)5-3-18-12-9(8-13)6-10(14)7-11(12)15/h6-7H,2-5,8H2,1H3. The van der Waals surface area contributed by atoms with E-state index in [4.69, 9.17) is 39.5 Å².